The molecule has 0 aromatic heterocycles. The van der Waals surface area contributed by atoms with Crippen molar-refractivity contribution < 1.29 is 9.59 Å². The molecule has 0 aliphatic carbocycles. The molecule has 3 aromatic rings. The molecule has 0 radical (unpaired) electrons. The molecule has 1 saturated heterocycles. The molecule has 1 aliphatic heterocycles. The van der Waals surface area contributed by atoms with Gasteiger partial charge in [-0.2, -0.15) is 0 Å². The summed E-state index contributed by atoms with van der Waals surface area (Å²) in [5.41, 5.74) is 3.96. The van der Waals surface area contributed by atoms with E-state index in [4.69, 9.17) is 0 Å². The summed E-state index contributed by atoms with van der Waals surface area (Å²) in [6, 6.07) is 27.2. The number of nitrogens with zero attached hydrogens (tertiary/aromatic N) is 2. The Morgan fingerprint density at radius 2 is 1.64 bits per heavy atom. The summed E-state index contributed by atoms with van der Waals surface area (Å²) < 4.78 is 0. The van der Waals surface area contributed by atoms with E-state index in [1.165, 1.54) is 11.3 Å². The zero-order valence-electron chi connectivity index (χ0n) is 19.3. The topological polar surface area (TPSA) is 52.6 Å². The first-order chi connectivity index (χ1) is 16.0. The second-order valence-corrected chi connectivity index (χ2v) is 8.73. The minimum Gasteiger partial charge on any atom is -0.365 e. The summed E-state index contributed by atoms with van der Waals surface area (Å²) >= 11 is 0. The lowest BCUT2D eigenvalue weighted by Crippen LogP contribution is -2.54. The third-order valence-electron chi connectivity index (χ3n) is 6.24. The summed E-state index contributed by atoms with van der Waals surface area (Å²) in [7, 11) is 0. The molecular formula is C28H31N3O2. The second kappa shape index (κ2) is 10.3. The quantitative estimate of drug-likeness (QED) is 0.609. The number of hydrogen-bond donors (Lipinski definition) is 1. The average molecular weight is 442 g/mol. The predicted molar refractivity (Wildman–Crippen MR) is 132 cm³/mol. The van der Waals surface area contributed by atoms with Crippen molar-refractivity contribution in [2.45, 2.75) is 32.4 Å². The van der Waals surface area contributed by atoms with Gasteiger partial charge in [0, 0.05) is 36.9 Å². The van der Waals surface area contributed by atoms with Crippen LogP contribution < -0.4 is 10.2 Å². The van der Waals surface area contributed by atoms with Crippen LogP contribution in [0, 0.1) is 6.92 Å². The van der Waals surface area contributed by atoms with Gasteiger partial charge in [0.25, 0.3) is 5.91 Å². The number of hydrogen-bond acceptors (Lipinski definition) is 3. The van der Waals surface area contributed by atoms with E-state index in [1.54, 1.807) is 12.1 Å². The van der Waals surface area contributed by atoms with Crippen molar-refractivity contribution in [3.05, 3.63) is 102 Å². The molecule has 2 atom stereocenters. The highest BCUT2D eigenvalue weighted by molar-refractivity contribution is 5.94. The molecule has 4 rings (SSSR count). The fourth-order valence-electron chi connectivity index (χ4n) is 4.45. The molecular weight excluding hydrogens is 410 g/mol. The summed E-state index contributed by atoms with van der Waals surface area (Å²) in [6.45, 7) is 6.39. The molecule has 33 heavy (non-hydrogen) atoms. The van der Waals surface area contributed by atoms with E-state index in [9.17, 15) is 9.59 Å². The van der Waals surface area contributed by atoms with E-state index >= 15 is 0 Å². The van der Waals surface area contributed by atoms with Crippen molar-refractivity contribution in [1.29, 1.82) is 0 Å². The van der Waals surface area contributed by atoms with Crippen molar-refractivity contribution in [3.63, 3.8) is 0 Å². The second-order valence-electron chi connectivity index (χ2n) is 8.73. The van der Waals surface area contributed by atoms with Crippen LogP contribution in [0.5, 0.6) is 0 Å². The Morgan fingerprint density at radius 1 is 0.939 bits per heavy atom. The molecule has 3 aromatic carbocycles. The molecule has 5 nitrogen and oxygen atoms in total. The van der Waals surface area contributed by atoms with Crippen molar-refractivity contribution in [2.75, 3.05) is 24.5 Å². The fraction of sp³-hybridized carbons (Fsp3) is 0.286. The number of benzene rings is 3. The van der Waals surface area contributed by atoms with Crippen LogP contribution >= 0.6 is 0 Å². The Bertz CT molecular complexity index is 1080. The molecule has 170 valence electrons. The monoisotopic (exact) mass is 441 g/mol. The summed E-state index contributed by atoms with van der Waals surface area (Å²) in [5, 5.41) is 3.07. The maximum absolute atomic E-state index is 13.3. The largest absolute Gasteiger partial charge is 0.365 e. The van der Waals surface area contributed by atoms with E-state index in [-0.39, 0.29) is 30.3 Å². The molecule has 2 amide bonds. The van der Waals surface area contributed by atoms with Gasteiger partial charge in [0.2, 0.25) is 5.91 Å². The molecule has 1 aliphatic rings. The Balaban J connectivity index is 1.44. The van der Waals surface area contributed by atoms with Crippen LogP contribution in [0.3, 0.4) is 0 Å². The molecule has 1 N–H and O–H groups in total. The lowest BCUT2D eigenvalue weighted by molar-refractivity contribution is -0.132. The number of piperazine rings is 1. The van der Waals surface area contributed by atoms with Gasteiger partial charge in [-0.05, 0) is 49.2 Å². The number of amides is 2. The molecule has 0 saturated carbocycles. The van der Waals surface area contributed by atoms with Crippen molar-refractivity contribution in [2.24, 2.45) is 0 Å². The highest BCUT2D eigenvalue weighted by Crippen LogP contribution is 2.24. The number of nitrogens with one attached hydrogen (secondary N) is 1. The van der Waals surface area contributed by atoms with Gasteiger partial charge in [-0.1, -0.05) is 60.7 Å². The van der Waals surface area contributed by atoms with Gasteiger partial charge in [0.15, 0.2) is 0 Å². The standard InChI is InChI=1S/C28H31N3O2/c1-21-10-9-15-25(18-21)31-17-16-30(20-22(31)2)27(32)19-26(23-11-5-3-6-12-23)29-28(33)24-13-7-4-8-14-24/h3-15,18,22,26H,16-17,19-20H2,1-2H3,(H,29,33)/t22-,26-/m1/s1. The molecule has 1 fully saturated rings. The number of carbonyl (C=O) groups is 2. The minimum atomic E-state index is -0.378. The summed E-state index contributed by atoms with van der Waals surface area (Å²) in [5.74, 6) is -0.108. The average Bonchev–Trinajstić information content (AvgIpc) is 2.84. The molecule has 0 spiro atoms. The van der Waals surface area contributed by atoms with Crippen LogP contribution in [0.4, 0.5) is 5.69 Å². The first-order valence-corrected chi connectivity index (χ1v) is 11.5. The van der Waals surface area contributed by atoms with Gasteiger partial charge >= 0.3 is 0 Å². The molecule has 1 heterocycles. The maximum Gasteiger partial charge on any atom is 0.251 e. The Hall–Kier alpha value is -3.60. The first-order valence-electron chi connectivity index (χ1n) is 11.5. The minimum absolute atomic E-state index is 0.0629. The number of carbonyl (C=O) groups excluding carboxylic acids is 2. The van der Waals surface area contributed by atoms with Gasteiger partial charge < -0.3 is 15.1 Å². The molecule has 0 bridgehead atoms. The van der Waals surface area contributed by atoms with Gasteiger partial charge in [0.1, 0.15) is 0 Å². The first kappa shape index (κ1) is 22.6. The maximum atomic E-state index is 13.3. The SMILES string of the molecule is Cc1cccc(N2CCN(C(=O)C[C@@H](NC(=O)c3ccccc3)c3ccccc3)C[C@H]2C)c1. The van der Waals surface area contributed by atoms with Crippen LogP contribution in [-0.4, -0.2) is 42.4 Å². The predicted octanol–water partition coefficient (Wildman–Crippen LogP) is 4.59. The smallest absolute Gasteiger partial charge is 0.251 e. The Morgan fingerprint density at radius 3 is 2.30 bits per heavy atom. The number of aryl methyl sites for hydroxylation is 1. The van der Waals surface area contributed by atoms with E-state index in [0.29, 0.717) is 18.7 Å². The van der Waals surface area contributed by atoms with E-state index in [1.807, 2.05) is 53.4 Å². The fourth-order valence-corrected chi connectivity index (χ4v) is 4.45. The van der Waals surface area contributed by atoms with Crippen LogP contribution in [0.25, 0.3) is 0 Å². The lowest BCUT2D eigenvalue weighted by Gasteiger charge is -2.41. The van der Waals surface area contributed by atoms with Crippen molar-refractivity contribution in [3.8, 4) is 0 Å². The van der Waals surface area contributed by atoms with E-state index < -0.39 is 0 Å². The van der Waals surface area contributed by atoms with E-state index in [2.05, 4.69) is 48.3 Å². The van der Waals surface area contributed by atoms with Crippen LogP contribution in [-0.2, 0) is 4.79 Å². The van der Waals surface area contributed by atoms with E-state index in [0.717, 1.165) is 12.1 Å². The molecule has 0 unspecified atom stereocenters. The normalized spacial score (nSPS) is 16.8. The Kier molecular flexibility index (Phi) is 7.08. The van der Waals surface area contributed by atoms with Crippen molar-refractivity contribution in [1.82, 2.24) is 10.2 Å². The van der Waals surface area contributed by atoms with Gasteiger partial charge in [-0.25, -0.2) is 0 Å². The van der Waals surface area contributed by atoms with Gasteiger partial charge in [0.05, 0.1) is 12.5 Å². The Labute approximate surface area is 196 Å². The van der Waals surface area contributed by atoms with Crippen LogP contribution in [0.1, 0.15) is 40.9 Å². The van der Waals surface area contributed by atoms with Crippen LogP contribution in [0.15, 0.2) is 84.9 Å². The van der Waals surface area contributed by atoms with Crippen molar-refractivity contribution >= 4 is 17.5 Å². The van der Waals surface area contributed by atoms with Gasteiger partial charge in [-0.15, -0.1) is 0 Å². The zero-order valence-corrected chi connectivity index (χ0v) is 19.3. The lowest BCUT2D eigenvalue weighted by atomic mass is 10.0. The van der Waals surface area contributed by atoms with Crippen LogP contribution in [0.2, 0.25) is 0 Å². The zero-order chi connectivity index (χ0) is 23.2. The summed E-state index contributed by atoms with van der Waals surface area (Å²) in [6.07, 6.45) is 0.236. The highest BCUT2D eigenvalue weighted by Gasteiger charge is 2.29. The summed E-state index contributed by atoms with van der Waals surface area (Å²) in [4.78, 5) is 30.4. The third-order valence-corrected chi connectivity index (χ3v) is 6.24. The number of rotatable bonds is 6. The molecule has 5 heteroatoms. The number of anilines is 1. The van der Waals surface area contributed by atoms with Gasteiger partial charge in [-0.3, -0.25) is 9.59 Å². The highest BCUT2D eigenvalue weighted by atomic mass is 16.2. The third kappa shape index (κ3) is 5.61.